The first-order chi connectivity index (χ1) is 14.4. The largest absolute Gasteiger partial charge is 0.507 e. The number of carbonyl (C=O) groups excluding carboxylic acids is 2. The highest BCUT2D eigenvalue weighted by molar-refractivity contribution is 6.46. The Morgan fingerprint density at radius 2 is 1.57 bits per heavy atom. The fourth-order valence-electron chi connectivity index (χ4n) is 3.44. The number of halogens is 2. The molecule has 1 aliphatic rings. The lowest BCUT2D eigenvalue weighted by Gasteiger charge is -2.25. The molecule has 0 unspecified atom stereocenters. The fourth-order valence-corrected chi connectivity index (χ4v) is 3.70. The van der Waals surface area contributed by atoms with Crippen molar-refractivity contribution in [3.8, 4) is 0 Å². The molecular weight excluding hydrogens is 427 g/mol. The van der Waals surface area contributed by atoms with Crippen LogP contribution in [0.5, 0.6) is 0 Å². The summed E-state index contributed by atoms with van der Waals surface area (Å²) in [5.74, 6) is -1.63. The molecule has 1 amide bonds. The van der Waals surface area contributed by atoms with Crippen molar-refractivity contribution in [1.29, 1.82) is 0 Å². The van der Waals surface area contributed by atoms with Gasteiger partial charge in [-0.2, -0.15) is 0 Å². The zero-order valence-electron chi connectivity index (χ0n) is 16.1. The van der Waals surface area contributed by atoms with Crippen molar-refractivity contribution >= 4 is 40.7 Å². The Morgan fingerprint density at radius 3 is 2.17 bits per heavy atom. The van der Waals surface area contributed by atoms with Gasteiger partial charge < -0.3 is 20.4 Å². The maximum absolute atomic E-state index is 12.9. The van der Waals surface area contributed by atoms with Gasteiger partial charge in [0.15, 0.2) is 0 Å². The predicted molar refractivity (Wildman–Crippen MR) is 116 cm³/mol. The van der Waals surface area contributed by atoms with Gasteiger partial charge in [-0.25, -0.2) is 0 Å². The molecule has 0 saturated carbocycles. The average molecular weight is 449 g/mol. The van der Waals surface area contributed by atoms with Crippen molar-refractivity contribution in [3.05, 3.63) is 75.3 Å². The summed E-state index contributed by atoms with van der Waals surface area (Å²) in [7, 11) is 0. The molecule has 3 rings (SSSR count). The zero-order valence-corrected chi connectivity index (χ0v) is 17.7. The van der Waals surface area contributed by atoms with Gasteiger partial charge in [-0.15, -0.1) is 0 Å². The molecular formula is C22H22Cl2N2O4. The number of ketones is 1. The minimum atomic E-state index is -0.731. The molecule has 1 aliphatic heterocycles. The summed E-state index contributed by atoms with van der Waals surface area (Å²) in [5, 5.41) is 23.9. The van der Waals surface area contributed by atoms with E-state index in [-0.39, 0.29) is 17.9 Å². The van der Waals surface area contributed by atoms with Crippen LogP contribution in [-0.2, 0) is 9.59 Å². The number of aliphatic hydroxyl groups excluding tert-OH is 2. The van der Waals surface area contributed by atoms with Crippen LogP contribution in [0, 0.1) is 0 Å². The van der Waals surface area contributed by atoms with E-state index in [1.807, 2.05) is 0 Å². The average Bonchev–Trinajstić information content (AvgIpc) is 2.99. The lowest BCUT2D eigenvalue weighted by molar-refractivity contribution is -0.139. The SMILES string of the molecule is O=C1C(=O)N(CCCNCCO)[C@H](c2ccc(Cl)cc2)C1=C(O)c1ccc(Cl)cc1. The van der Waals surface area contributed by atoms with Gasteiger partial charge in [-0.1, -0.05) is 35.3 Å². The Balaban J connectivity index is 1.99. The molecule has 2 aromatic rings. The number of hydrogen-bond acceptors (Lipinski definition) is 5. The second kappa shape index (κ2) is 10.1. The molecule has 6 nitrogen and oxygen atoms in total. The van der Waals surface area contributed by atoms with Gasteiger partial charge in [0, 0.05) is 28.7 Å². The maximum atomic E-state index is 12.9. The van der Waals surface area contributed by atoms with Gasteiger partial charge in [-0.05, 0) is 54.9 Å². The second-order valence-electron chi connectivity index (χ2n) is 6.88. The number of carbonyl (C=O) groups is 2. The van der Waals surface area contributed by atoms with Crippen LogP contribution in [0.4, 0.5) is 0 Å². The molecule has 1 heterocycles. The minimum Gasteiger partial charge on any atom is -0.507 e. The fraction of sp³-hybridized carbons (Fsp3) is 0.273. The summed E-state index contributed by atoms with van der Waals surface area (Å²) in [4.78, 5) is 27.1. The Kier molecular flexibility index (Phi) is 7.50. The molecule has 1 atom stereocenters. The summed E-state index contributed by atoms with van der Waals surface area (Å²) < 4.78 is 0. The first kappa shape index (κ1) is 22.3. The number of Topliss-reactive ketones (excluding diaryl/α,β-unsaturated/α-hetero) is 1. The summed E-state index contributed by atoms with van der Waals surface area (Å²) in [6.45, 7) is 1.37. The van der Waals surface area contributed by atoms with Crippen LogP contribution >= 0.6 is 23.2 Å². The molecule has 0 radical (unpaired) electrons. The summed E-state index contributed by atoms with van der Waals surface area (Å²) in [5.41, 5.74) is 1.12. The molecule has 1 fully saturated rings. The molecule has 2 aromatic carbocycles. The quantitative estimate of drug-likeness (QED) is 0.249. The van der Waals surface area contributed by atoms with Crippen molar-refractivity contribution in [1.82, 2.24) is 10.2 Å². The number of likely N-dealkylation sites (tertiary alicyclic amines) is 1. The van der Waals surface area contributed by atoms with Crippen LogP contribution in [0.25, 0.3) is 5.76 Å². The van der Waals surface area contributed by atoms with Crippen molar-refractivity contribution < 1.29 is 19.8 Å². The lowest BCUT2D eigenvalue weighted by atomic mass is 9.95. The number of benzene rings is 2. The molecule has 0 bridgehead atoms. The molecule has 0 aliphatic carbocycles. The highest BCUT2D eigenvalue weighted by atomic mass is 35.5. The van der Waals surface area contributed by atoms with E-state index in [2.05, 4.69) is 5.32 Å². The summed E-state index contributed by atoms with van der Waals surface area (Å²) in [6, 6.07) is 12.5. The van der Waals surface area contributed by atoms with Gasteiger partial charge in [0.25, 0.3) is 11.7 Å². The number of rotatable bonds is 8. The first-order valence-corrected chi connectivity index (χ1v) is 10.3. The predicted octanol–water partition coefficient (Wildman–Crippen LogP) is 3.39. The van der Waals surface area contributed by atoms with Gasteiger partial charge in [-0.3, -0.25) is 9.59 Å². The lowest BCUT2D eigenvalue weighted by Crippen LogP contribution is -2.32. The van der Waals surface area contributed by atoms with Gasteiger partial charge in [0.1, 0.15) is 5.76 Å². The van der Waals surface area contributed by atoms with Crippen LogP contribution in [0.1, 0.15) is 23.6 Å². The number of nitrogens with zero attached hydrogens (tertiary/aromatic N) is 1. The number of amides is 1. The van der Waals surface area contributed by atoms with Crippen LogP contribution in [0.15, 0.2) is 54.1 Å². The molecule has 1 saturated heterocycles. The van der Waals surface area contributed by atoms with Gasteiger partial charge in [0.2, 0.25) is 0 Å². The standard InChI is InChI=1S/C22H22Cl2N2O4/c23-16-6-2-14(3-7-16)19-18(20(28)15-4-8-17(24)9-5-15)21(29)22(30)26(19)12-1-10-25-11-13-27/h2-9,19,25,27-28H,1,10-13H2/t19-/m1/s1. The van der Waals surface area contributed by atoms with Crippen molar-refractivity contribution in [2.24, 2.45) is 0 Å². The number of nitrogens with one attached hydrogen (secondary N) is 1. The van der Waals surface area contributed by atoms with E-state index in [1.165, 1.54) is 4.90 Å². The minimum absolute atomic E-state index is 0.0242. The van der Waals surface area contributed by atoms with Crippen molar-refractivity contribution in [2.45, 2.75) is 12.5 Å². The van der Waals surface area contributed by atoms with Crippen LogP contribution in [0.3, 0.4) is 0 Å². The van der Waals surface area contributed by atoms with E-state index in [0.717, 1.165) is 0 Å². The Morgan fingerprint density at radius 1 is 0.967 bits per heavy atom. The molecule has 30 heavy (non-hydrogen) atoms. The Bertz CT molecular complexity index is 943. The maximum Gasteiger partial charge on any atom is 0.295 e. The molecule has 8 heteroatoms. The molecule has 0 spiro atoms. The third-order valence-corrected chi connectivity index (χ3v) is 5.39. The van der Waals surface area contributed by atoms with Crippen molar-refractivity contribution in [2.75, 3.05) is 26.2 Å². The van der Waals surface area contributed by atoms with Gasteiger partial charge >= 0.3 is 0 Å². The third kappa shape index (κ3) is 4.84. The smallest absolute Gasteiger partial charge is 0.295 e. The Hall–Kier alpha value is -2.38. The molecule has 3 N–H and O–H groups in total. The van der Waals surface area contributed by atoms with E-state index < -0.39 is 17.7 Å². The Labute approximate surface area is 184 Å². The van der Waals surface area contributed by atoms with Crippen LogP contribution in [-0.4, -0.2) is 53.0 Å². The van der Waals surface area contributed by atoms with Gasteiger partial charge in [0.05, 0.1) is 18.2 Å². The van der Waals surface area contributed by atoms with E-state index in [9.17, 15) is 14.7 Å². The monoisotopic (exact) mass is 448 g/mol. The highest BCUT2D eigenvalue weighted by Crippen LogP contribution is 2.39. The molecule has 0 aromatic heterocycles. The van der Waals surface area contributed by atoms with E-state index >= 15 is 0 Å². The van der Waals surface area contributed by atoms with E-state index in [4.69, 9.17) is 28.3 Å². The number of aliphatic hydroxyl groups is 2. The summed E-state index contributed by atoms with van der Waals surface area (Å²) >= 11 is 11.9. The van der Waals surface area contributed by atoms with Crippen LogP contribution in [0.2, 0.25) is 10.0 Å². The normalized spacial score (nSPS) is 18.2. The van der Waals surface area contributed by atoms with E-state index in [0.29, 0.717) is 47.2 Å². The summed E-state index contributed by atoms with van der Waals surface area (Å²) in [6.07, 6.45) is 0.581. The third-order valence-electron chi connectivity index (χ3n) is 4.88. The highest BCUT2D eigenvalue weighted by Gasteiger charge is 2.45. The van der Waals surface area contributed by atoms with Crippen molar-refractivity contribution in [3.63, 3.8) is 0 Å². The number of hydrogen-bond donors (Lipinski definition) is 3. The topological polar surface area (TPSA) is 89.9 Å². The second-order valence-corrected chi connectivity index (χ2v) is 7.75. The first-order valence-electron chi connectivity index (χ1n) is 9.55. The van der Waals surface area contributed by atoms with E-state index in [1.54, 1.807) is 48.5 Å². The zero-order chi connectivity index (χ0) is 21.7. The molecule has 158 valence electrons. The van der Waals surface area contributed by atoms with Crippen LogP contribution < -0.4 is 5.32 Å².